The summed E-state index contributed by atoms with van der Waals surface area (Å²) >= 11 is 2.17. The predicted octanol–water partition coefficient (Wildman–Crippen LogP) is 3.09. The summed E-state index contributed by atoms with van der Waals surface area (Å²) in [5, 5.41) is 6.18. The lowest BCUT2D eigenvalue weighted by atomic mass is 9.87. The molecule has 0 aromatic heterocycles. The number of guanidine groups is 1. The van der Waals surface area contributed by atoms with Gasteiger partial charge in [-0.15, -0.1) is 24.0 Å². The first kappa shape index (κ1) is 22.9. The average Bonchev–Trinajstić information content (AvgIpc) is 2.58. The molecular weight excluding hydrogens is 447 g/mol. The average molecular weight is 482 g/mol. The smallest absolute Gasteiger partial charge is 0.227 e. The Labute approximate surface area is 174 Å². The Morgan fingerprint density at radius 2 is 1.96 bits per heavy atom. The number of rotatable bonds is 4. The zero-order chi connectivity index (χ0) is 17.6. The predicted molar refractivity (Wildman–Crippen MR) is 119 cm³/mol. The largest absolute Gasteiger partial charge is 0.359 e. The Kier molecular flexibility index (Phi) is 9.36. The van der Waals surface area contributed by atoms with Crippen molar-refractivity contribution in [3.63, 3.8) is 0 Å². The minimum Gasteiger partial charge on any atom is -0.359 e. The molecular formula is C18H35IN4OS. The zero-order valence-corrected chi connectivity index (χ0v) is 19.3. The lowest BCUT2D eigenvalue weighted by molar-refractivity contribution is -0.128. The monoisotopic (exact) mass is 482 g/mol. The summed E-state index contributed by atoms with van der Waals surface area (Å²) in [4.78, 5) is 19.2. The third kappa shape index (κ3) is 6.19. The van der Waals surface area contributed by atoms with Crippen LogP contribution in [-0.2, 0) is 4.79 Å². The van der Waals surface area contributed by atoms with Crippen molar-refractivity contribution in [1.82, 2.24) is 15.5 Å². The highest BCUT2D eigenvalue weighted by molar-refractivity contribution is 14.0. The second-order valence-electron chi connectivity index (χ2n) is 7.65. The van der Waals surface area contributed by atoms with Crippen LogP contribution in [0.1, 0.15) is 52.9 Å². The molecule has 1 saturated heterocycles. The van der Waals surface area contributed by atoms with Crippen molar-refractivity contribution >= 4 is 47.6 Å². The molecule has 5 nitrogen and oxygen atoms in total. The number of hydrogen-bond acceptors (Lipinski definition) is 3. The van der Waals surface area contributed by atoms with Crippen LogP contribution in [0.15, 0.2) is 4.99 Å². The molecule has 0 radical (unpaired) electrons. The Hall–Kier alpha value is -0.180. The van der Waals surface area contributed by atoms with Gasteiger partial charge in [0.1, 0.15) is 0 Å². The molecule has 1 heterocycles. The van der Waals surface area contributed by atoms with Crippen molar-refractivity contribution in [3.05, 3.63) is 0 Å². The molecule has 0 bridgehead atoms. The zero-order valence-electron chi connectivity index (χ0n) is 16.2. The maximum absolute atomic E-state index is 12.0. The maximum atomic E-state index is 12.0. The first-order valence-electron chi connectivity index (χ1n) is 9.32. The van der Waals surface area contributed by atoms with Crippen LogP contribution >= 0.6 is 35.7 Å². The first-order valence-corrected chi connectivity index (χ1v) is 10.3. The van der Waals surface area contributed by atoms with E-state index in [1.165, 1.54) is 37.9 Å². The molecule has 1 saturated carbocycles. The number of hydrogen-bond donors (Lipinski definition) is 2. The van der Waals surface area contributed by atoms with Crippen LogP contribution in [-0.4, -0.2) is 60.5 Å². The van der Waals surface area contributed by atoms with Crippen LogP contribution in [0.25, 0.3) is 0 Å². The standard InChI is InChI=1S/C18H34N4OS.HI/c1-5-20-16(21-13-17(2,3)15(23)19-4)22-11-12-24-18(14-22)9-7-6-8-10-18;/h5-14H2,1-4H3,(H,19,23)(H,20,21);1H. The molecule has 7 heteroatoms. The normalized spacial score (nSPS) is 20.8. The van der Waals surface area contributed by atoms with Gasteiger partial charge in [-0.3, -0.25) is 9.79 Å². The van der Waals surface area contributed by atoms with Gasteiger partial charge in [0.05, 0.1) is 12.0 Å². The topological polar surface area (TPSA) is 56.7 Å². The van der Waals surface area contributed by atoms with Gasteiger partial charge in [0.2, 0.25) is 5.91 Å². The summed E-state index contributed by atoms with van der Waals surface area (Å²) in [5.74, 6) is 2.18. The summed E-state index contributed by atoms with van der Waals surface area (Å²) in [6.45, 7) is 9.50. The number of aliphatic imine (C=N–C) groups is 1. The minimum absolute atomic E-state index is 0. The van der Waals surface area contributed by atoms with Gasteiger partial charge in [-0.1, -0.05) is 19.3 Å². The summed E-state index contributed by atoms with van der Waals surface area (Å²) in [7, 11) is 1.69. The van der Waals surface area contributed by atoms with E-state index in [0.717, 1.165) is 25.6 Å². The molecule has 1 aliphatic heterocycles. The number of halogens is 1. The van der Waals surface area contributed by atoms with Gasteiger partial charge < -0.3 is 15.5 Å². The van der Waals surface area contributed by atoms with E-state index < -0.39 is 5.41 Å². The highest BCUT2D eigenvalue weighted by atomic mass is 127. The number of carbonyl (C=O) groups excluding carboxylic acids is 1. The third-order valence-electron chi connectivity index (χ3n) is 5.11. The van der Waals surface area contributed by atoms with E-state index >= 15 is 0 Å². The summed E-state index contributed by atoms with van der Waals surface area (Å²) in [6, 6.07) is 0. The molecule has 0 unspecified atom stereocenters. The summed E-state index contributed by atoms with van der Waals surface area (Å²) in [6.07, 6.45) is 6.77. The van der Waals surface area contributed by atoms with E-state index in [2.05, 4.69) is 34.2 Å². The van der Waals surface area contributed by atoms with Crippen LogP contribution in [0.3, 0.4) is 0 Å². The Balaban J connectivity index is 0.00000312. The molecule has 1 aliphatic carbocycles. The van der Waals surface area contributed by atoms with Crippen molar-refractivity contribution in [1.29, 1.82) is 0 Å². The number of amides is 1. The van der Waals surface area contributed by atoms with Crippen LogP contribution in [0, 0.1) is 5.41 Å². The molecule has 1 spiro atoms. The van der Waals surface area contributed by atoms with E-state index in [1.54, 1.807) is 7.05 Å². The lowest BCUT2D eigenvalue weighted by Crippen LogP contribution is -2.53. The first-order chi connectivity index (χ1) is 11.4. The quantitative estimate of drug-likeness (QED) is 0.368. The van der Waals surface area contributed by atoms with E-state index in [4.69, 9.17) is 4.99 Å². The van der Waals surface area contributed by atoms with E-state index in [-0.39, 0.29) is 29.9 Å². The van der Waals surface area contributed by atoms with Crippen molar-refractivity contribution in [2.75, 3.05) is 39.0 Å². The van der Waals surface area contributed by atoms with E-state index in [9.17, 15) is 4.79 Å². The van der Waals surface area contributed by atoms with Crippen LogP contribution < -0.4 is 10.6 Å². The summed E-state index contributed by atoms with van der Waals surface area (Å²) in [5.41, 5.74) is -0.484. The molecule has 0 atom stereocenters. The molecule has 2 aliphatic rings. The van der Waals surface area contributed by atoms with Gasteiger partial charge in [-0.05, 0) is 33.6 Å². The highest BCUT2D eigenvalue weighted by Crippen LogP contribution is 2.42. The van der Waals surface area contributed by atoms with Gasteiger partial charge in [0, 0.05) is 37.2 Å². The molecule has 25 heavy (non-hydrogen) atoms. The lowest BCUT2D eigenvalue weighted by Gasteiger charge is -2.45. The molecule has 2 N–H and O–H groups in total. The van der Waals surface area contributed by atoms with Crippen molar-refractivity contribution in [2.45, 2.75) is 57.6 Å². The van der Waals surface area contributed by atoms with Crippen molar-refractivity contribution in [3.8, 4) is 0 Å². The van der Waals surface area contributed by atoms with Gasteiger partial charge in [0.15, 0.2) is 5.96 Å². The fourth-order valence-corrected chi connectivity index (χ4v) is 5.20. The van der Waals surface area contributed by atoms with Gasteiger partial charge in [0.25, 0.3) is 0 Å². The van der Waals surface area contributed by atoms with Gasteiger partial charge >= 0.3 is 0 Å². The number of carbonyl (C=O) groups is 1. The third-order valence-corrected chi connectivity index (χ3v) is 6.65. The Morgan fingerprint density at radius 3 is 2.56 bits per heavy atom. The number of nitrogens with one attached hydrogen (secondary N) is 2. The van der Waals surface area contributed by atoms with E-state index in [0.29, 0.717) is 11.3 Å². The van der Waals surface area contributed by atoms with E-state index in [1.807, 2.05) is 13.8 Å². The highest BCUT2D eigenvalue weighted by Gasteiger charge is 2.38. The van der Waals surface area contributed by atoms with Crippen LogP contribution in [0.4, 0.5) is 0 Å². The maximum Gasteiger partial charge on any atom is 0.227 e. The number of nitrogens with zero attached hydrogens (tertiary/aromatic N) is 2. The molecule has 0 aromatic carbocycles. The minimum atomic E-state index is -0.484. The fraction of sp³-hybridized carbons (Fsp3) is 0.889. The second kappa shape index (κ2) is 10.2. The molecule has 0 aromatic rings. The second-order valence-corrected chi connectivity index (χ2v) is 9.21. The Bertz CT molecular complexity index is 458. The van der Waals surface area contributed by atoms with Gasteiger partial charge in [-0.2, -0.15) is 11.8 Å². The van der Waals surface area contributed by atoms with Crippen LogP contribution in [0.5, 0.6) is 0 Å². The SMILES string of the molecule is CCNC(=NCC(C)(C)C(=O)NC)N1CCSC2(CCCCC2)C1.I. The molecule has 2 rings (SSSR count). The molecule has 2 fully saturated rings. The molecule has 146 valence electrons. The van der Waals surface area contributed by atoms with Crippen molar-refractivity contribution < 1.29 is 4.79 Å². The summed E-state index contributed by atoms with van der Waals surface area (Å²) < 4.78 is 0.420. The van der Waals surface area contributed by atoms with Crippen LogP contribution in [0.2, 0.25) is 0 Å². The molecule has 1 amide bonds. The number of thioether (sulfide) groups is 1. The fourth-order valence-electron chi connectivity index (χ4n) is 3.63. The Morgan fingerprint density at radius 1 is 1.28 bits per heavy atom. The van der Waals surface area contributed by atoms with Gasteiger partial charge in [-0.25, -0.2) is 0 Å². The van der Waals surface area contributed by atoms with Crippen molar-refractivity contribution in [2.24, 2.45) is 10.4 Å².